The smallest absolute Gasteiger partial charge is 0.263 e. The van der Waals surface area contributed by atoms with Crippen molar-refractivity contribution in [1.82, 2.24) is 29.5 Å². The van der Waals surface area contributed by atoms with Gasteiger partial charge < -0.3 is 11.1 Å². The van der Waals surface area contributed by atoms with Gasteiger partial charge in [-0.1, -0.05) is 42.5 Å². The fourth-order valence-electron chi connectivity index (χ4n) is 4.65. The Balaban J connectivity index is 1.47. The van der Waals surface area contributed by atoms with Crippen LogP contribution in [0.4, 0.5) is 5.82 Å². The highest BCUT2D eigenvalue weighted by Gasteiger charge is 2.23. The lowest BCUT2D eigenvalue weighted by atomic mass is 10.0. The van der Waals surface area contributed by atoms with E-state index in [1.807, 2.05) is 79.1 Å². The van der Waals surface area contributed by atoms with Crippen LogP contribution in [0.25, 0.3) is 34.3 Å². The molecule has 6 aromatic rings. The van der Waals surface area contributed by atoms with Crippen molar-refractivity contribution >= 4 is 51.6 Å². The summed E-state index contributed by atoms with van der Waals surface area (Å²) in [5, 5.41) is 10.5. The van der Waals surface area contributed by atoms with Gasteiger partial charge in [-0.05, 0) is 48.2 Å². The number of para-hydroxylation sites is 1. The van der Waals surface area contributed by atoms with E-state index in [4.69, 9.17) is 5.73 Å². The molecule has 10 heteroatoms. The van der Waals surface area contributed by atoms with Gasteiger partial charge in [0.05, 0.1) is 22.6 Å². The van der Waals surface area contributed by atoms with Crippen LogP contribution in [0.3, 0.4) is 0 Å². The summed E-state index contributed by atoms with van der Waals surface area (Å²) in [5.74, 6) is -0.352. The first-order chi connectivity index (χ1) is 19.0. The average Bonchev–Trinajstić information content (AvgIpc) is 3.59. The fourth-order valence-corrected chi connectivity index (χ4v) is 5.18. The number of benzene rings is 2. The zero-order valence-corrected chi connectivity index (χ0v) is 21.7. The summed E-state index contributed by atoms with van der Waals surface area (Å²) >= 11 is 1.51. The number of nitrogens with zero attached hydrogens (tertiary/aromatic N) is 5. The molecule has 192 valence electrons. The average molecular weight is 534 g/mol. The number of hydrogen-bond donors (Lipinski definition) is 2. The van der Waals surface area contributed by atoms with Gasteiger partial charge in [0.2, 0.25) is 0 Å². The third-order valence-electron chi connectivity index (χ3n) is 6.45. The molecular weight excluding hydrogens is 510 g/mol. The van der Waals surface area contributed by atoms with Crippen molar-refractivity contribution in [3.05, 3.63) is 117 Å². The summed E-state index contributed by atoms with van der Waals surface area (Å²) in [6.07, 6.45) is 7.05. The van der Waals surface area contributed by atoms with Crippen molar-refractivity contribution in [3.63, 3.8) is 0 Å². The number of amides is 1. The predicted molar refractivity (Wildman–Crippen MR) is 154 cm³/mol. The number of carbonyl (C=O) groups is 1. The van der Waals surface area contributed by atoms with Crippen molar-refractivity contribution in [3.8, 4) is 5.69 Å². The van der Waals surface area contributed by atoms with Crippen molar-refractivity contribution in [1.29, 1.82) is 0 Å². The SMILES string of the molecule is C[C@@H](NC(=O)c1c(N)nn2cccnc12)c1cc2cccc(/C=C/c3cscn3)c2c(=O)n1-c1ccccc1. The Morgan fingerprint density at radius 3 is 2.72 bits per heavy atom. The van der Waals surface area contributed by atoms with Crippen molar-refractivity contribution < 1.29 is 4.79 Å². The van der Waals surface area contributed by atoms with E-state index in [0.717, 1.165) is 16.6 Å². The number of nitrogens with one attached hydrogen (secondary N) is 1. The number of pyridine rings is 1. The zero-order valence-electron chi connectivity index (χ0n) is 20.9. The lowest BCUT2D eigenvalue weighted by Gasteiger charge is -2.21. The molecule has 0 aliphatic heterocycles. The largest absolute Gasteiger partial charge is 0.381 e. The molecule has 1 amide bonds. The van der Waals surface area contributed by atoms with Gasteiger partial charge in [0.15, 0.2) is 11.5 Å². The Bertz CT molecular complexity index is 1910. The van der Waals surface area contributed by atoms with Crippen LogP contribution in [-0.2, 0) is 0 Å². The summed E-state index contributed by atoms with van der Waals surface area (Å²) in [6, 6.07) is 18.2. The number of carbonyl (C=O) groups excluding carboxylic acids is 1. The van der Waals surface area contributed by atoms with E-state index in [9.17, 15) is 9.59 Å². The van der Waals surface area contributed by atoms with Gasteiger partial charge in [-0.15, -0.1) is 16.4 Å². The lowest BCUT2D eigenvalue weighted by Crippen LogP contribution is -2.32. The Hall–Kier alpha value is -5.09. The highest BCUT2D eigenvalue weighted by Crippen LogP contribution is 2.25. The van der Waals surface area contributed by atoms with E-state index in [1.165, 1.54) is 15.9 Å². The van der Waals surface area contributed by atoms with Gasteiger partial charge in [0.25, 0.3) is 11.5 Å². The second kappa shape index (κ2) is 9.99. The van der Waals surface area contributed by atoms with E-state index < -0.39 is 11.9 Å². The van der Waals surface area contributed by atoms with E-state index >= 15 is 0 Å². The quantitative estimate of drug-likeness (QED) is 0.319. The van der Waals surface area contributed by atoms with Gasteiger partial charge in [-0.25, -0.2) is 14.5 Å². The Labute approximate surface area is 226 Å². The summed E-state index contributed by atoms with van der Waals surface area (Å²) < 4.78 is 3.11. The number of fused-ring (bicyclic) bond motifs is 2. The molecule has 0 unspecified atom stereocenters. The molecule has 2 aromatic carbocycles. The Morgan fingerprint density at radius 1 is 1.08 bits per heavy atom. The standard InChI is InChI=1S/C29H23N7O2S/c1-18(33-28(37)25-26(30)34-35-14-6-13-31-27(25)35)23-15-20-8-5-7-19(11-12-21-16-39-17-32-21)24(20)29(38)36(23)22-9-3-2-4-10-22/h2-18H,1H3,(H2,30,34)(H,33,37)/b12-11+/t18-/m1/s1. The molecular formula is C29H23N7O2S. The minimum absolute atomic E-state index is 0.0777. The minimum Gasteiger partial charge on any atom is -0.381 e. The second-order valence-electron chi connectivity index (χ2n) is 8.95. The van der Waals surface area contributed by atoms with E-state index in [-0.39, 0.29) is 16.9 Å². The fraction of sp³-hybridized carbons (Fsp3) is 0.0690. The number of thiazole rings is 1. The van der Waals surface area contributed by atoms with Crippen molar-refractivity contribution in [2.24, 2.45) is 0 Å². The highest BCUT2D eigenvalue weighted by atomic mass is 32.1. The number of aromatic nitrogens is 5. The molecule has 0 bridgehead atoms. The van der Waals surface area contributed by atoms with Gasteiger partial charge >= 0.3 is 0 Å². The van der Waals surface area contributed by atoms with Crippen LogP contribution in [0.5, 0.6) is 0 Å². The maximum atomic E-state index is 14.1. The van der Waals surface area contributed by atoms with Crippen molar-refractivity contribution in [2.45, 2.75) is 13.0 Å². The van der Waals surface area contributed by atoms with E-state index in [1.54, 1.807) is 28.5 Å². The molecule has 9 nitrogen and oxygen atoms in total. The van der Waals surface area contributed by atoms with Crippen LogP contribution in [0.15, 0.2) is 88.7 Å². The molecule has 1 atom stereocenters. The molecule has 0 aliphatic rings. The zero-order chi connectivity index (χ0) is 26.9. The van der Waals surface area contributed by atoms with E-state index in [0.29, 0.717) is 22.4 Å². The number of nitrogens with two attached hydrogens (primary N) is 1. The monoisotopic (exact) mass is 533 g/mol. The summed E-state index contributed by atoms with van der Waals surface area (Å²) in [5.41, 5.74) is 11.1. The van der Waals surface area contributed by atoms with Gasteiger partial charge in [-0.2, -0.15) is 0 Å². The van der Waals surface area contributed by atoms with Crippen LogP contribution < -0.4 is 16.6 Å². The number of rotatable bonds is 6. The normalized spacial score (nSPS) is 12.3. The lowest BCUT2D eigenvalue weighted by molar-refractivity contribution is 0.0941. The second-order valence-corrected chi connectivity index (χ2v) is 9.67. The molecule has 4 heterocycles. The molecule has 0 radical (unpaired) electrons. The first kappa shape index (κ1) is 24.3. The molecule has 0 spiro atoms. The van der Waals surface area contributed by atoms with Crippen LogP contribution in [0.2, 0.25) is 0 Å². The summed E-state index contributed by atoms with van der Waals surface area (Å²) in [7, 11) is 0. The van der Waals surface area contributed by atoms with E-state index in [2.05, 4.69) is 20.4 Å². The minimum atomic E-state index is -0.554. The van der Waals surface area contributed by atoms with Gasteiger partial charge in [0.1, 0.15) is 5.56 Å². The summed E-state index contributed by atoms with van der Waals surface area (Å²) in [4.78, 5) is 36.1. The molecule has 6 rings (SSSR count). The third kappa shape index (κ3) is 4.47. The molecule has 0 aliphatic carbocycles. The summed E-state index contributed by atoms with van der Waals surface area (Å²) in [6.45, 7) is 1.83. The topological polar surface area (TPSA) is 120 Å². The third-order valence-corrected chi connectivity index (χ3v) is 7.05. The molecule has 39 heavy (non-hydrogen) atoms. The first-order valence-corrected chi connectivity index (χ1v) is 13.2. The van der Waals surface area contributed by atoms with Crippen LogP contribution in [0.1, 0.15) is 40.3 Å². The predicted octanol–water partition coefficient (Wildman–Crippen LogP) is 4.73. The Kier molecular flexibility index (Phi) is 6.22. The van der Waals surface area contributed by atoms with Crippen LogP contribution >= 0.6 is 11.3 Å². The van der Waals surface area contributed by atoms with Crippen LogP contribution in [0, 0.1) is 0 Å². The molecule has 4 aromatic heterocycles. The van der Waals surface area contributed by atoms with Gasteiger partial charge in [-0.3, -0.25) is 14.2 Å². The maximum Gasteiger partial charge on any atom is 0.263 e. The molecule has 0 saturated carbocycles. The molecule has 0 saturated heterocycles. The van der Waals surface area contributed by atoms with Crippen molar-refractivity contribution in [2.75, 3.05) is 5.73 Å². The molecule has 3 N–H and O–H groups in total. The number of nitrogen functional groups attached to an aromatic ring is 1. The Morgan fingerprint density at radius 2 is 1.92 bits per heavy atom. The van der Waals surface area contributed by atoms with Gasteiger partial charge in [0, 0.05) is 29.2 Å². The first-order valence-electron chi connectivity index (χ1n) is 12.2. The highest BCUT2D eigenvalue weighted by molar-refractivity contribution is 7.07. The maximum absolute atomic E-state index is 14.1. The molecule has 0 fully saturated rings. The number of anilines is 1. The number of hydrogen-bond acceptors (Lipinski definition) is 7. The van der Waals surface area contributed by atoms with Crippen LogP contribution in [-0.4, -0.2) is 30.1 Å².